The molecule has 0 aliphatic rings. The fourth-order valence-corrected chi connectivity index (χ4v) is 2.17. The Hall–Kier alpha value is -2.50. The Morgan fingerprint density at radius 1 is 1.08 bits per heavy atom. The lowest BCUT2D eigenvalue weighted by molar-refractivity contribution is -0.137. The number of ether oxygens (including phenoxy) is 1. The molecule has 0 atom stereocenters. The van der Waals surface area contributed by atoms with Gasteiger partial charge in [0, 0.05) is 5.56 Å². The van der Waals surface area contributed by atoms with Crippen LogP contribution < -0.4 is 10.1 Å². The van der Waals surface area contributed by atoms with Gasteiger partial charge in [-0.25, -0.2) is 0 Å². The molecule has 0 aliphatic heterocycles. The summed E-state index contributed by atoms with van der Waals surface area (Å²) in [7, 11) is 0. The van der Waals surface area contributed by atoms with Crippen LogP contribution >= 0.6 is 0 Å². The molecule has 1 amide bonds. The normalized spacial score (nSPS) is 11.2. The molecule has 0 spiro atoms. The Morgan fingerprint density at radius 2 is 1.75 bits per heavy atom. The molecular formula is C18H18F3NO2. The number of halogens is 3. The maximum Gasteiger partial charge on any atom is 0.416 e. The average Bonchev–Trinajstić information content (AvgIpc) is 2.58. The Morgan fingerprint density at radius 3 is 2.38 bits per heavy atom. The van der Waals surface area contributed by atoms with Gasteiger partial charge in [0.25, 0.3) is 5.91 Å². The van der Waals surface area contributed by atoms with E-state index in [-0.39, 0.29) is 18.7 Å². The van der Waals surface area contributed by atoms with Gasteiger partial charge in [0.05, 0.1) is 12.1 Å². The van der Waals surface area contributed by atoms with Crippen molar-refractivity contribution >= 4 is 5.91 Å². The molecule has 0 bridgehead atoms. The molecule has 0 unspecified atom stereocenters. The number of alkyl halides is 3. The van der Waals surface area contributed by atoms with Crippen molar-refractivity contribution in [3.05, 3.63) is 65.2 Å². The van der Waals surface area contributed by atoms with Crippen molar-refractivity contribution in [2.45, 2.75) is 19.5 Å². The molecule has 3 nitrogen and oxygen atoms in total. The second-order valence-corrected chi connectivity index (χ2v) is 5.14. The molecule has 2 rings (SSSR count). The van der Waals surface area contributed by atoms with Crippen molar-refractivity contribution in [3.8, 4) is 5.75 Å². The molecule has 0 saturated heterocycles. The maximum atomic E-state index is 12.5. The second kappa shape index (κ2) is 7.86. The van der Waals surface area contributed by atoms with Crippen LogP contribution in [0.1, 0.15) is 28.4 Å². The molecule has 6 heteroatoms. The van der Waals surface area contributed by atoms with Gasteiger partial charge in [-0.2, -0.15) is 13.2 Å². The van der Waals surface area contributed by atoms with Crippen molar-refractivity contribution in [1.82, 2.24) is 5.32 Å². The zero-order valence-electron chi connectivity index (χ0n) is 13.2. The predicted molar refractivity (Wildman–Crippen MR) is 85.1 cm³/mol. The number of para-hydroxylation sites is 1. The van der Waals surface area contributed by atoms with Crippen LogP contribution in [-0.4, -0.2) is 19.1 Å². The number of carbonyl (C=O) groups excluding carboxylic acids is 1. The number of amides is 1. The summed E-state index contributed by atoms with van der Waals surface area (Å²) in [5, 5.41) is 2.62. The van der Waals surface area contributed by atoms with E-state index in [4.69, 9.17) is 4.74 Å². The highest BCUT2D eigenvalue weighted by Gasteiger charge is 2.30. The fraction of sp³-hybridized carbons (Fsp3) is 0.278. The smallest absolute Gasteiger partial charge is 0.416 e. The van der Waals surface area contributed by atoms with Crippen molar-refractivity contribution in [2.75, 3.05) is 13.2 Å². The lowest BCUT2D eigenvalue weighted by Gasteiger charge is -2.11. The van der Waals surface area contributed by atoms with E-state index in [1.54, 1.807) is 0 Å². The number of aryl methyl sites for hydroxylation is 1. The third-order valence-corrected chi connectivity index (χ3v) is 3.47. The monoisotopic (exact) mass is 337 g/mol. The summed E-state index contributed by atoms with van der Waals surface area (Å²) in [5.41, 5.74) is 0.474. The zero-order valence-corrected chi connectivity index (χ0v) is 13.2. The predicted octanol–water partition coefficient (Wildman–Crippen LogP) is 4.08. The van der Waals surface area contributed by atoms with E-state index in [9.17, 15) is 18.0 Å². The van der Waals surface area contributed by atoms with Gasteiger partial charge in [-0.05, 0) is 42.3 Å². The minimum absolute atomic E-state index is 0.178. The van der Waals surface area contributed by atoms with E-state index in [0.29, 0.717) is 0 Å². The van der Waals surface area contributed by atoms with Crippen molar-refractivity contribution < 1.29 is 22.7 Å². The SMILES string of the molecule is CCc1ccccc1OCCNC(=O)c1ccc(C(F)(F)F)cc1. The summed E-state index contributed by atoms with van der Waals surface area (Å²) in [6.45, 7) is 2.57. The zero-order chi connectivity index (χ0) is 17.6. The van der Waals surface area contributed by atoms with Gasteiger partial charge in [0.1, 0.15) is 12.4 Å². The summed E-state index contributed by atoms with van der Waals surface area (Å²) >= 11 is 0. The quantitative estimate of drug-likeness (QED) is 0.807. The standard InChI is InChI=1S/C18H18F3NO2/c1-2-13-5-3-4-6-16(13)24-12-11-22-17(23)14-7-9-15(10-8-14)18(19,20)21/h3-10H,2,11-12H2,1H3,(H,22,23). The molecule has 128 valence electrons. The van der Waals surface area contributed by atoms with E-state index in [1.165, 1.54) is 0 Å². The minimum Gasteiger partial charge on any atom is -0.491 e. The van der Waals surface area contributed by atoms with Crippen LogP contribution in [0.25, 0.3) is 0 Å². The van der Waals surface area contributed by atoms with E-state index < -0.39 is 17.6 Å². The van der Waals surface area contributed by atoms with Crippen LogP contribution in [0.2, 0.25) is 0 Å². The highest BCUT2D eigenvalue weighted by Crippen LogP contribution is 2.29. The van der Waals surface area contributed by atoms with Gasteiger partial charge in [-0.3, -0.25) is 4.79 Å². The summed E-state index contributed by atoms with van der Waals surface area (Å²) in [4.78, 5) is 11.9. The first kappa shape index (κ1) is 17.8. The first-order valence-electron chi connectivity index (χ1n) is 7.58. The Labute approximate surface area is 138 Å². The number of hydrogen-bond acceptors (Lipinski definition) is 2. The number of nitrogens with one attached hydrogen (secondary N) is 1. The molecule has 0 fully saturated rings. The molecule has 0 aliphatic carbocycles. The summed E-state index contributed by atoms with van der Waals surface area (Å²) in [5.74, 6) is 0.333. The van der Waals surface area contributed by atoms with Crippen molar-refractivity contribution in [2.24, 2.45) is 0 Å². The first-order valence-corrected chi connectivity index (χ1v) is 7.58. The van der Waals surface area contributed by atoms with Gasteiger partial charge in [0.15, 0.2) is 0 Å². The van der Waals surface area contributed by atoms with Crippen LogP contribution in [0.5, 0.6) is 5.75 Å². The van der Waals surface area contributed by atoms with E-state index in [0.717, 1.165) is 42.0 Å². The molecule has 0 aromatic heterocycles. The van der Waals surface area contributed by atoms with Crippen LogP contribution in [0.15, 0.2) is 48.5 Å². The van der Waals surface area contributed by atoms with Gasteiger partial charge < -0.3 is 10.1 Å². The second-order valence-electron chi connectivity index (χ2n) is 5.14. The van der Waals surface area contributed by atoms with E-state index in [1.807, 2.05) is 31.2 Å². The van der Waals surface area contributed by atoms with Crippen LogP contribution in [0, 0.1) is 0 Å². The molecule has 2 aromatic rings. The molecule has 24 heavy (non-hydrogen) atoms. The van der Waals surface area contributed by atoms with Crippen LogP contribution in [0.3, 0.4) is 0 Å². The van der Waals surface area contributed by atoms with Gasteiger partial charge in [-0.15, -0.1) is 0 Å². The number of rotatable bonds is 6. The molecule has 1 N–H and O–H groups in total. The molecule has 0 saturated carbocycles. The Bertz CT molecular complexity index is 681. The van der Waals surface area contributed by atoms with Crippen molar-refractivity contribution in [3.63, 3.8) is 0 Å². The minimum atomic E-state index is -4.41. The average molecular weight is 337 g/mol. The largest absolute Gasteiger partial charge is 0.491 e. The van der Waals surface area contributed by atoms with Crippen LogP contribution in [-0.2, 0) is 12.6 Å². The van der Waals surface area contributed by atoms with E-state index >= 15 is 0 Å². The third kappa shape index (κ3) is 4.75. The third-order valence-electron chi connectivity index (χ3n) is 3.47. The topological polar surface area (TPSA) is 38.3 Å². The summed E-state index contributed by atoms with van der Waals surface area (Å²) in [6.07, 6.45) is -3.57. The van der Waals surface area contributed by atoms with E-state index in [2.05, 4.69) is 5.32 Å². The number of carbonyl (C=O) groups is 1. The number of hydrogen-bond donors (Lipinski definition) is 1. The summed E-state index contributed by atoms with van der Waals surface area (Å²) < 4.78 is 43.0. The maximum absolute atomic E-state index is 12.5. The lowest BCUT2D eigenvalue weighted by atomic mass is 10.1. The highest BCUT2D eigenvalue weighted by molar-refractivity contribution is 5.94. The molecule has 0 radical (unpaired) electrons. The lowest BCUT2D eigenvalue weighted by Crippen LogP contribution is -2.28. The molecular weight excluding hydrogens is 319 g/mol. The van der Waals surface area contributed by atoms with Gasteiger partial charge in [-0.1, -0.05) is 25.1 Å². The Balaban J connectivity index is 1.83. The van der Waals surface area contributed by atoms with Crippen LogP contribution in [0.4, 0.5) is 13.2 Å². The molecule has 0 heterocycles. The summed E-state index contributed by atoms with van der Waals surface area (Å²) in [6, 6.07) is 11.7. The van der Waals surface area contributed by atoms with Gasteiger partial charge >= 0.3 is 6.18 Å². The number of benzene rings is 2. The van der Waals surface area contributed by atoms with Crippen molar-refractivity contribution in [1.29, 1.82) is 0 Å². The first-order chi connectivity index (χ1) is 11.4. The molecule has 2 aromatic carbocycles. The highest BCUT2D eigenvalue weighted by atomic mass is 19.4. The van der Waals surface area contributed by atoms with Gasteiger partial charge in [0.2, 0.25) is 0 Å². The Kier molecular flexibility index (Phi) is 5.84. The fourth-order valence-electron chi connectivity index (χ4n) is 2.17.